The molecule has 0 heterocycles. The van der Waals surface area contributed by atoms with Gasteiger partial charge in [-0.05, 0) is 37.3 Å². The second-order valence-corrected chi connectivity index (χ2v) is 4.46. The first-order valence-corrected chi connectivity index (χ1v) is 6.58. The molecule has 0 atom stereocenters. The Balaban J connectivity index is 2.39. The molecule has 21 heavy (non-hydrogen) atoms. The summed E-state index contributed by atoms with van der Waals surface area (Å²) in [5, 5.41) is 0. The summed E-state index contributed by atoms with van der Waals surface area (Å²) in [6.45, 7) is 2.14. The summed E-state index contributed by atoms with van der Waals surface area (Å²) in [6.07, 6.45) is 0. The lowest BCUT2D eigenvalue weighted by molar-refractivity contribution is 0.0987. The first-order valence-electron chi connectivity index (χ1n) is 6.58. The average molecular weight is 288 g/mol. The van der Waals surface area contributed by atoms with Crippen LogP contribution >= 0.6 is 0 Å². The molecule has 0 bridgehead atoms. The summed E-state index contributed by atoms with van der Waals surface area (Å²) in [6, 6.07) is 10.9. The Bertz CT molecular complexity index is 658. The minimum atomic E-state index is -0.435. The predicted octanol–water partition coefficient (Wildman–Crippen LogP) is 3.08. The lowest BCUT2D eigenvalue weighted by Crippen LogP contribution is -2.31. The molecule has 1 amide bonds. The van der Waals surface area contributed by atoms with E-state index in [9.17, 15) is 9.18 Å². The van der Waals surface area contributed by atoms with Crippen molar-refractivity contribution < 1.29 is 13.9 Å². The molecule has 2 aromatic carbocycles. The van der Waals surface area contributed by atoms with E-state index in [0.717, 1.165) is 0 Å². The van der Waals surface area contributed by atoms with Crippen LogP contribution in [0.25, 0.3) is 0 Å². The van der Waals surface area contributed by atoms with Crippen molar-refractivity contribution in [1.82, 2.24) is 0 Å². The third kappa shape index (κ3) is 2.97. The Hall–Kier alpha value is -2.56. The number of carbonyl (C=O) groups excluding carboxylic acids is 1. The van der Waals surface area contributed by atoms with Crippen LogP contribution in [0.4, 0.5) is 15.8 Å². The molecule has 2 aromatic rings. The lowest BCUT2D eigenvalue weighted by atomic mass is 10.1. The second kappa shape index (κ2) is 6.26. The minimum absolute atomic E-state index is 0.251. The van der Waals surface area contributed by atoms with Gasteiger partial charge in [0.15, 0.2) is 0 Å². The largest absolute Gasteiger partial charge is 0.495 e. The third-order valence-corrected chi connectivity index (χ3v) is 3.19. The molecule has 0 spiro atoms. The quantitative estimate of drug-likeness (QED) is 0.880. The molecule has 0 saturated carbocycles. The molecule has 0 aliphatic heterocycles. The number of hydrogen-bond donors (Lipinski definition) is 1. The van der Waals surface area contributed by atoms with E-state index in [1.165, 1.54) is 18.1 Å². The number of hydrogen-bond acceptors (Lipinski definition) is 3. The van der Waals surface area contributed by atoms with Gasteiger partial charge in [-0.1, -0.05) is 12.1 Å². The topological polar surface area (TPSA) is 55.6 Å². The minimum Gasteiger partial charge on any atom is -0.495 e. The zero-order valence-electron chi connectivity index (χ0n) is 12.0. The molecule has 2 N–H and O–H groups in total. The highest BCUT2D eigenvalue weighted by molar-refractivity contribution is 6.06. The molecule has 0 aliphatic carbocycles. The fourth-order valence-corrected chi connectivity index (χ4v) is 2.09. The average Bonchev–Trinajstić information content (AvgIpc) is 2.50. The summed E-state index contributed by atoms with van der Waals surface area (Å²) < 4.78 is 19.0. The number of nitrogen functional groups attached to an aromatic ring is 1. The maximum Gasteiger partial charge on any atom is 0.258 e. The summed E-state index contributed by atoms with van der Waals surface area (Å²) in [5.41, 5.74) is 6.83. The summed E-state index contributed by atoms with van der Waals surface area (Å²) in [4.78, 5) is 13.9. The maximum absolute atomic E-state index is 13.9. The molecule has 0 unspecified atom stereocenters. The molecule has 0 radical (unpaired) electrons. The number of anilines is 2. The smallest absolute Gasteiger partial charge is 0.258 e. The first kappa shape index (κ1) is 14.8. The number of para-hydroxylation sites is 1. The molecule has 2 rings (SSSR count). The van der Waals surface area contributed by atoms with E-state index < -0.39 is 5.82 Å². The van der Waals surface area contributed by atoms with Crippen molar-refractivity contribution in [3.05, 3.63) is 53.8 Å². The molecule has 0 fully saturated rings. The molecular formula is C16H17FN2O2. The summed E-state index contributed by atoms with van der Waals surface area (Å²) >= 11 is 0. The van der Waals surface area contributed by atoms with Gasteiger partial charge in [-0.3, -0.25) is 4.79 Å². The van der Waals surface area contributed by atoms with Crippen LogP contribution in [-0.2, 0) is 0 Å². The van der Waals surface area contributed by atoms with Crippen LogP contribution in [0, 0.1) is 5.82 Å². The van der Waals surface area contributed by atoms with E-state index in [2.05, 4.69) is 0 Å². The molecule has 5 heteroatoms. The molecule has 4 nitrogen and oxygen atoms in total. The van der Waals surface area contributed by atoms with Crippen molar-refractivity contribution in [3.63, 3.8) is 0 Å². The van der Waals surface area contributed by atoms with Gasteiger partial charge in [0.1, 0.15) is 11.6 Å². The van der Waals surface area contributed by atoms with Crippen LogP contribution in [0.15, 0.2) is 42.5 Å². The summed E-state index contributed by atoms with van der Waals surface area (Å²) in [7, 11) is 1.48. The highest BCUT2D eigenvalue weighted by Crippen LogP contribution is 2.25. The van der Waals surface area contributed by atoms with E-state index in [1.807, 2.05) is 0 Å². The Morgan fingerprint density at radius 2 is 2.00 bits per heavy atom. The van der Waals surface area contributed by atoms with Crippen molar-refractivity contribution >= 4 is 17.3 Å². The van der Waals surface area contributed by atoms with Gasteiger partial charge in [0.25, 0.3) is 5.91 Å². The Morgan fingerprint density at radius 3 is 2.62 bits per heavy atom. The summed E-state index contributed by atoms with van der Waals surface area (Å²) in [5.74, 6) is -0.318. The zero-order chi connectivity index (χ0) is 15.4. The number of amides is 1. The van der Waals surface area contributed by atoms with Gasteiger partial charge >= 0.3 is 0 Å². The SMILES string of the molecule is CCN(C(=O)c1ccc(N)c(OC)c1)c1ccccc1F. The van der Waals surface area contributed by atoms with Gasteiger partial charge in [-0.15, -0.1) is 0 Å². The van der Waals surface area contributed by atoms with Crippen LogP contribution in [-0.4, -0.2) is 19.6 Å². The Labute approximate surface area is 122 Å². The zero-order valence-corrected chi connectivity index (χ0v) is 12.0. The predicted molar refractivity (Wildman–Crippen MR) is 81.2 cm³/mol. The van der Waals surface area contributed by atoms with Gasteiger partial charge in [-0.25, -0.2) is 4.39 Å². The lowest BCUT2D eigenvalue weighted by Gasteiger charge is -2.22. The highest BCUT2D eigenvalue weighted by Gasteiger charge is 2.19. The fourth-order valence-electron chi connectivity index (χ4n) is 2.09. The van der Waals surface area contributed by atoms with Gasteiger partial charge in [0, 0.05) is 12.1 Å². The van der Waals surface area contributed by atoms with Crippen LogP contribution in [0.2, 0.25) is 0 Å². The molecule has 0 saturated heterocycles. The van der Waals surface area contributed by atoms with Crippen LogP contribution < -0.4 is 15.4 Å². The first-order chi connectivity index (χ1) is 10.1. The molecule has 0 aromatic heterocycles. The van der Waals surface area contributed by atoms with Crippen molar-refractivity contribution in [2.24, 2.45) is 0 Å². The van der Waals surface area contributed by atoms with Gasteiger partial charge < -0.3 is 15.4 Å². The van der Waals surface area contributed by atoms with Gasteiger partial charge in [-0.2, -0.15) is 0 Å². The van der Waals surface area contributed by atoms with Crippen LogP contribution in [0.1, 0.15) is 17.3 Å². The van der Waals surface area contributed by atoms with E-state index in [-0.39, 0.29) is 11.6 Å². The number of halogens is 1. The van der Waals surface area contributed by atoms with Gasteiger partial charge in [0.2, 0.25) is 0 Å². The number of carbonyl (C=O) groups is 1. The number of ether oxygens (including phenoxy) is 1. The maximum atomic E-state index is 13.9. The van der Waals surface area contributed by atoms with Crippen LogP contribution in [0.3, 0.4) is 0 Å². The van der Waals surface area contributed by atoms with E-state index in [0.29, 0.717) is 23.5 Å². The standard InChI is InChI=1S/C16H17FN2O2/c1-3-19(14-7-5-4-6-12(14)17)16(20)11-8-9-13(18)15(10-11)21-2/h4-10H,3,18H2,1-2H3. The monoisotopic (exact) mass is 288 g/mol. The van der Waals surface area contributed by atoms with E-state index in [1.54, 1.807) is 43.3 Å². The fraction of sp³-hybridized carbons (Fsp3) is 0.188. The second-order valence-electron chi connectivity index (χ2n) is 4.46. The number of methoxy groups -OCH3 is 1. The number of nitrogens with zero attached hydrogens (tertiary/aromatic N) is 1. The van der Waals surface area contributed by atoms with E-state index in [4.69, 9.17) is 10.5 Å². The van der Waals surface area contributed by atoms with Crippen molar-refractivity contribution in [2.45, 2.75) is 6.92 Å². The van der Waals surface area contributed by atoms with Crippen molar-refractivity contribution in [1.29, 1.82) is 0 Å². The molecule has 110 valence electrons. The van der Waals surface area contributed by atoms with E-state index >= 15 is 0 Å². The molecular weight excluding hydrogens is 271 g/mol. The normalized spacial score (nSPS) is 10.2. The Morgan fingerprint density at radius 1 is 1.29 bits per heavy atom. The number of nitrogens with two attached hydrogens (primary N) is 1. The Kier molecular flexibility index (Phi) is 4.42. The van der Waals surface area contributed by atoms with Crippen LogP contribution in [0.5, 0.6) is 5.75 Å². The highest BCUT2D eigenvalue weighted by atomic mass is 19.1. The third-order valence-electron chi connectivity index (χ3n) is 3.19. The number of benzene rings is 2. The van der Waals surface area contributed by atoms with Crippen molar-refractivity contribution in [2.75, 3.05) is 24.3 Å². The van der Waals surface area contributed by atoms with Gasteiger partial charge in [0.05, 0.1) is 18.5 Å². The van der Waals surface area contributed by atoms with Crippen molar-refractivity contribution in [3.8, 4) is 5.75 Å². The molecule has 0 aliphatic rings. The number of rotatable bonds is 4.